The van der Waals surface area contributed by atoms with E-state index < -0.39 is 0 Å². The molecule has 0 radical (unpaired) electrons. The molecule has 3 aromatic rings. The molecule has 1 aliphatic rings. The molecule has 3 heterocycles. The van der Waals surface area contributed by atoms with Crippen LogP contribution < -0.4 is 0 Å². The molecule has 0 unspecified atom stereocenters. The van der Waals surface area contributed by atoms with Crippen molar-refractivity contribution in [1.82, 2.24) is 19.6 Å². The van der Waals surface area contributed by atoms with Crippen molar-refractivity contribution < 1.29 is 9.21 Å². The lowest BCUT2D eigenvalue weighted by Gasteiger charge is -2.04. The van der Waals surface area contributed by atoms with E-state index in [1.54, 1.807) is 10.6 Å². The van der Waals surface area contributed by atoms with Crippen molar-refractivity contribution in [3.63, 3.8) is 0 Å². The lowest BCUT2D eigenvalue weighted by atomic mass is 10.1. The third-order valence-electron chi connectivity index (χ3n) is 3.67. The molecule has 1 fully saturated rings. The fourth-order valence-corrected chi connectivity index (χ4v) is 2.76. The Morgan fingerprint density at radius 1 is 1.41 bits per heavy atom. The normalized spacial score (nSPS) is 14.6. The zero-order valence-corrected chi connectivity index (χ0v) is 13.5. The van der Waals surface area contributed by atoms with Crippen LogP contribution in [0.4, 0.5) is 0 Å². The molecule has 0 aliphatic heterocycles. The van der Waals surface area contributed by atoms with Crippen LogP contribution in [0.5, 0.6) is 0 Å². The monoisotopic (exact) mass is 360 g/mol. The summed E-state index contributed by atoms with van der Waals surface area (Å²) in [6.45, 7) is 1.82. The quantitative estimate of drug-likeness (QED) is 0.714. The minimum Gasteiger partial charge on any atom is -0.446 e. The third-order valence-corrected chi connectivity index (χ3v) is 4.09. The van der Waals surface area contributed by atoms with Gasteiger partial charge in [-0.05, 0) is 47.8 Å². The van der Waals surface area contributed by atoms with Gasteiger partial charge < -0.3 is 4.42 Å². The standard InChI is InChI=1S/C15H13BrN4O2/c1-8-17-14-7-10(6-11(21)9-2-3-9)18-15(20(14)19-8)12-4-5-13(16)22-12/h4-5,7,9H,2-3,6H2,1H3. The van der Waals surface area contributed by atoms with Gasteiger partial charge in [-0.3, -0.25) is 4.79 Å². The van der Waals surface area contributed by atoms with Gasteiger partial charge in [-0.2, -0.15) is 4.52 Å². The summed E-state index contributed by atoms with van der Waals surface area (Å²) in [4.78, 5) is 21.0. The fraction of sp³-hybridized carbons (Fsp3) is 0.333. The Bertz CT molecular complexity index is 879. The Hall–Kier alpha value is -2.02. The third kappa shape index (κ3) is 2.45. The van der Waals surface area contributed by atoms with Crippen LogP contribution in [0.25, 0.3) is 17.2 Å². The van der Waals surface area contributed by atoms with Gasteiger partial charge >= 0.3 is 0 Å². The highest BCUT2D eigenvalue weighted by atomic mass is 79.9. The van der Waals surface area contributed by atoms with Gasteiger partial charge in [-0.25, -0.2) is 9.97 Å². The predicted octanol–water partition coefficient (Wildman–Crippen LogP) is 2.98. The van der Waals surface area contributed by atoms with Crippen molar-refractivity contribution in [3.05, 3.63) is 34.4 Å². The Morgan fingerprint density at radius 2 is 2.23 bits per heavy atom. The Balaban J connectivity index is 1.83. The number of aryl methyl sites for hydroxylation is 1. The van der Waals surface area contributed by atoms with Gasteiger partial charge in [0.15, 0.2) is 21.9 Å². The lowest BCUT2D eigenvalue weighted by molar-refractivity contribution is -0.119. The van der Waals surface area contributed by atoms with E-state index in [1.165, 1.54) is 0 Å². The second-order valence-electron chi connectivity index (χ2n) is 5.52. The summed E-state index contributed by atoms with van der Waals surface area (Å²) >= 11 is 3.29. The van der Waals surface area contributed by atoms with Crippen LogP contribution in [-0.4, -0.2) is 25.4 Å². The number of Topliss-reactive ketones (excluding diaryl/α,β-unsaturated/α-hetero) is 1. The number of halogens is 1. The smallest absolute Gasteiger partial charge is 0.199 e. The minimum absolute atomic E-state index is 0.221. The van der Waals surface area contributed by atoms with Crippen molar-refractivity contribution in [3.8, 4) is 11.6 Å². The predicted molar refractivity (Wildman–Crippen MR) is 82.4 cm³/mol. The van der Waals surface area contributed by atoms with E-state index in [2.05, 4.69) is 31.0 Å². The second-order valence-corrected chi connectivity index (χ2v) is 6.30. The largest absolute Gasteiger partial charge is 0.446 e. The summed E-state index contributed by atoms with van der Waals surface area (Å²) in [5.74, 6) is 2.27. The lowest BCUT2D eigenvalue weighted by Crippen LogP contribution is -2.09. The summed E-state index contributed by atoms with van der Waals surface area (Å²) in [6, 6.07) is 5.44. The first kappa shape index (κ1) is 13.6. The minimum atomic E-state index is 0.221. The molecule has 0 amide bonds. The van der Waals surface area contributed by atoms with Gasteiger partial charge in [0.1, 0.15) is 11.6 Å². The number of rotatable bonds is 4. The van der Waals surface area contributed by atoms with Crippen LogP contribution in [0, 0.1) is 12.8 Å². The summed E-state index contributed by atoms with van der Waals surface area (Å²) in [6.07, 6.45) is 2.34. The zero-order valence-electron chi connectivity index (χ0n) is 11.9. The van der Waals surface area contributed by atoms with E-state index in [1.807, 2.05) is 19.1 Å². The van der Waals surface area contributed by atoms with Gasteiger partial charge in [0, 0.05) is 18.4 Å². The first-order valence-electron chi connectivity index (χ1n) is 7.12. The molecule has 0 spiro atoms. The van der Waals surface area contributed by atoms with Crippen LogP contribution in [0.2, 0.25) is 0 Å². The van der Waals surface area contributed by atoms with Crippen LogP contribution in [0.3, 0.4) is 0 Å². The molecule has 112 valence electrons. The second kappa shape index (κ2) is 5.01. The van der Waals surface area contributed by atoms with Crippen molar-refractivity contribution in [1.29, 1.82) is 0 Å². The number of hydrogen-bond donors (Lipinski definition) is 0. The molecule has 6 nitrogen and oxygen atoms in total. The van der Waals surface area contributed by atoms with E-state index in [4.69, 9.17) is 4.42 Å². The summed E-state index contributed by atoms with van der Waals surface area (Å²) in [5, 5.41) is 4.35. The first-order valence-corrected chi connectivity index (χ1v) is 7.91. The van der Waals surface area contributed by atoms with Crippen molar-refractivity contribution >= 4 is 27.4 Å². The molecule has 0 aromatic carbocycles. The van der Waals surface area contributed by atoms with E-state index in [9.17, 15) is 4.79 Å². The van der Waals surface area contributed by atoms with Gasteiger partial charge in [0.2, 0.25) is 0 Å². The molecule has 1 saturated carbocycles. The molecule has 1 aliphatic carbocycles. The zero-order chi connectivity index (χ0) is 15.3. The van der Waals surface area contributed by atoms with Crippen LogP contribution >= 0.6 is 15.9 Å². The number of aromatic nitrogens is 4. The molecular formula is C15H13BrN4O2. The molecule has 22 heavy (non-hydrogen) atoms. The van der Waals surface area contributed by atoms with Crippen LogP contribution in [-0.2, 0) is 11.2 Å². The van der Waals surface area contributed by atoms with E-state index in [-0.39, 0.29) is 11.7 Å². The van der Waals surface area contributed by atoms with Crippen molar-refractivity contribution in [2.75, 3.05) is 0 Å². The van der Waals surface area contributed by atoms with E-state index in [0.29, 0.717) is 39.8 Å². The van der Waals surface area contributed by atoms with Crippen LogP contribution in [0.15, 0.2) is 27.3 Å². The number of hydrogen-bond acceptors (Lipinski definition) is 5. The fourth-order valence-electron chi connectivity index (χ4n) is 2.46. The Labute approximate surface area is 134 Å². The number of nitrogens with zero attached hydrogens (tertiary/aromatic N) is 4. The number of carbonyl (C=O) groups is 1. The number of ketones is 1. The van der Waals surface area contributed by atoms with E-state index in [0.717, 1.165) is 12.8 Å². The molecule has 4 rings (SSSR count). The number of furan rings is 1. The highest BCUT2D eigenvalue weighted by Crippen LogP contribution is 2.31. The summed E-state index contributed by atoms with van der Waals surface area (Å²) < 4.78 is 7.85. The molecule has 0 N–H and O–H groups in total. The molecule has 0 atom stereocenters. The molecule has 0 bridgehead atoms. The maximum absolute atomic E-state index is 12.1. The Kier molecular flexibility index (Phi) is 3.11. The highest BCUT2D eigenvalue weighted by Gasteiger charge is 2.29. The van der Waals surface area contributed by atoms with Crippen LogP contribution in [0.1, 0.15) is 24.4 Å². The topological polar surface area (TPSA) is 73.3 Å². The van der Waals surface area contributed by atoms with Gasteiger partial charge in [0.25, 0.3) is 0 Å². The molecule has 3 aromatic heterocycles. The maximum atomic E-state index is 12.1. The molecular weight excluding hydrogens is 348 g/mol. The highest BCUT2D eigenvalue weighted by molar-refractivity contribution is 9.10. The number of fused-ring (bicyclic) bond motifs is 1. The average molecular weight is 361 g/mol. The van der Waals surface area contributed by atoms with Gasteiger partial charge in [-0.15, -0.1) is 5.10 Å². The maximum Gasteiger partial charge on any atom is 0.199 e. The van der Waals surface area contributed by atoms with Gasteiger partial charge in [0.05, 0.1) is 5.69 Å². The molecule has 0 saturated heterocycles. The van der Waals surface area contributed by atoms with Crippen molar-refractivity contribution in [2.45, 2.75) is 26.2 Å². The van der Waals surface area contributed by atoms with Crippen molar-refractivity contribution in [2.24, 2.45) is 5.92 Å². The summed E-state index contributed by atoms with van der Waals surface area (Å²) in [7, 11) is 0. The van der Waals surface area contributed by atoms with Gasteiger partial charge in [-0.1, -0.05) is 0 Å². The first-order chi connectivity index (χ1) is 10.6. The summed E-state index contributed by atoms with van der Waals surface area (Å²) in [5.41, 5.74) is 1.38. The van der Waals surface area contributed by atoms with E-state index >= 15 is 0 Å². The average Bonchev–Trinajstić information content (AvgIpc) is 3.13. The Morgan fingerprint density at radius 3 is 2.91 bits per heavy atom. The number of carbonyl (C=O) groups excluding carboxylic acids is 1. The SMILES string of the molecule is Cc1nc2cc(CC(=O)C3CC3)nc(-c3ccc(Br)o3)n2n1. The molecule has 7 heteroatoms.